The summed E-state index contributed by atoms with van der Waals surface area (Å²) < 4.78 is 0. The second-order valence-corrected chi connectivity index (χ2v) is 6.56. The first kappa shape index (κ1) is 12.4. The van der Waals surface area contributed by atoms with Crippen LogP contribution in [0.2, 0.25) is 0 Å². The zero-order valence-electron chi connectivity index (χ0n) is 10.1. The third-order valence-electron chi connectivity index (χ3n) is 3.05. The van der Waals surface area contributed by atoms with E-state index in [1.165, 1.54) is 30.8 Å². The fraction of sp³-hybridized carbons (Fsp3) is 1.00. The highest BCUT2D eigenvalue weighted by atomic mass is 32.2. The molecular formula is C12H25NS. The zero-order chi connectivity index (χ0) is 10.6. The number of hydrogen-bond donors (Lipinski definition) is 1. The van der Waals surface area contributed by atoms with Crippen LogP contribution in [0.3, 0.4) is 0 Å². The van der Waals surface area contributed by atoms with Crippen LogP contribution in [0.25, 0.3) is 0 Å². The molecule has 1 nitrogen and oxygen atoms in total. The molecule has 0 amide bonds. The first-order chi connectivity index (χ1) is 6.54. The van der Waals surface area contributed by atoms with Crippen molar-refractivity contribution in [2.45, 2.75) is 59.0 Å². The Labute approximate surface area is 93.4 Å². The largest absolute Gasteiger partial charge is 0.310 e. The highest BCUT2D eigenvalue weighted by Gasteiger charge is 2.25. The van der Waals surface area contributed by atoms with E-state index < -0.39 is 0 Å². The average molecular weight is 215 g/mol. The van der Waals surface area contributed by atoms with Gasteiger partial charge in [-0.1, -0.05) is 27.7 Å². The van der Waals surface area contributed by atoms with E-state index in [-0.39, 0.29) is 0 Å². The molecule has 0 aliphatic carbocycles. The molecule has 0 radical (unpaired) electrons. The normalized spacial score (nSPS) is 26.1. The molecule has 0 bridgehead atoms. The van der Waals surface area contributed by atoms with E-state index in [1.807, 2.05) is 0 Å². The molecule has 1 saturated heterocycles. The van der Waals surface area contributed by atoms with Gasteiger partial charge in [0, 0.05) is 17.8 Å². The van der Waals surface area contributed by atoms with E-state index in [2.05, 4.69) is 44.8 Å². The van der Waals surface area contributed by atoms with Gasteiger partial charge in [0.2, 0.25) is 0 Å². The Morgan fingerprint density at radius 2 is 2.14 bits per heavy atom. The molecule has 1 N–H and O–H groups in total. The van der Waals surface area contributed by atoms with Crippen LogP contribution in [0.5, 0.6) is 0 Å². The monoisotopic (exact) mass is 215 g/mol. The lowest BCUT2D eigenvalue weighted by molar-refractivity contribution is 0.239. The minimum absolute atomic E-state index is 0.400. The molecule has 2 heteroatoms. The summed E-state index contributed by atoms with van der Waals surface area (Å²) >= 11 is 2.10. The highest BCUT2D eigenvalue weighted by molar-refractivity contribution is 7.99. The molecule has 1 aliphatic rings. The molecule has 0 spiro atoms. The first-order valence-electron chi connectivity index (χ1n) is 5.88. The van der Waals surface area contributed by atoms with E-state index in [9.17, 15) is 0 Å². The lowest BCUT2D eigenvalue weighted by atomic mass is 9.84. The smallest absolute Gasteiger partial charge is 0.0161 e. The van der Waals surface area contributed by atoms with Gasteiger partial charge in [0.25, 0.3) is 0 Å². The molecule has 1 fully saturated rings. The van der Waals surface area contributed by atoms with Crippen molar-refractivity contribution in [2.24, 2.45) is 5.41 Å². The third-order valence-corrected chi connectivity index (χ3v) is 4.27. The van der Waals surface area contributed by atoms with Crippen LogP contribution in [0.4, 0.5) is 0 Å². The lowest BCUT2D eigenvalue weighted by Gasteiger charge is -2.35. The molecule has 84 valence electrons. The summed E-state index contributed by atoms with van der Waals surface area (Å²) in [6.45, 7) is 9.30. The van der Waals surface area contributed by atoms with E-state index in [0.29, 0.717) is 11.5 Å². The summed E-state index contributed by atoms with van der Waals surface area (Å²) in [5.41, 5.74) is 0.400. The van der Waals surface area contributed by atoms with Gasteiger partial charge in [0.05, 0.1) is 0 Å². The zero-order valence-corrected chi connectivity index (χ0v) is 10.9. The molecule has 0 aromatic rings. The van der Waals surface area contributed by atoms with Gasteiger partial charge in [0.15, 0.2) is 0 Å². The van der Waals surface area contributed by atoms with Crippen LogP contribution in [-0.4, -0.2) is 23.6 Å². The topological polar surface area (TPSA) is 12.0 Å². The highest BCUT2D eigenvalue weighted by Crippen LogP contribution is 2.24. The maximum atomic E-state index is 3.82. The van der Waals surface area contributed by atoms with Crippen molar-refractivity contribution in [3.8, 4) is 0 Å². The number of rotatable bonds is 3. The third kappa shape index (κ3) is 3.82. The van der Waals surface area contributed by atoms with Crippen molar-refractivity contribution in [1.82, 2.24) is 5.32 Å². The second-order valence-electron chi connectivity index (χ2n) is 5.41. The van der Waals surface area contributed by atoms with Gasteiger partial charge < -0.3 is 5.32 Å². The predicted molar refractivity (Wildman–Crippen MR) is 67.0 cm³/mol. The molecule has 1 rings (SSSR count). The Morgan fingerprint density at radius 1 is 1.43 bits per heavy atom. The van der Waals surface area contributed by atoms with Crippen molar-refractivity contribution < 1.29 is 0 Å². The first-order valence-corrected chi connectivity index (χ1v) is 7.03. The van der Waals surface area contributed by atoms with E-state index in [4.69, 9.17) is 0 Å². The van der Waals surface area contributed by atoms with Gasteiger partial charge in [-0.15, -0.1) is 0 Å². The number of thioether (sulfide) groups is 1. The van der Waals surface area contributed by atoms with Crippen LogP contribution < -0.4 is 5.32 Å². The Morgan fingerprint density at radius 3 is 2.57 bits per heavy atom. The summed E-state index contributed by atoms with van der Waals surface area (Å²) in [6, 6.07) is 1.43. The van der Waals surface area contributed by atoms with Crippen LogP contribution in [0, 0.1) is 5.41 Å². The van der Waals surface area contributed by atoms with Crippen molar-refractivity contribution in [3.63, 3.8) is 0 Å². The quantitative estimate of drug-likeness (QED) is 0.775. The van der Waals surface area contributed by atoms with Gasteiger partial charge in [-0.25, -0.2) is 0 Å². The molecule has 14 heavy (non-hydrogen) atoms. The Bertz CT molecular complexity index is 156. The van der Waals surface area contributed by atoms with Crippen LogP contribution in [0.1, 0.15) is 47.0 Å². The fourth-order valence-electron chi connectivity index (χ4n) is 2.14. The number of hydrogen-bond acceptors (Lipinski definition) is 2. The van der Waals surface area contributed by atoms with Gasteiger partial charge in [-0.05, 0) is 30.4 Å². The van der Waals surface area contributed by atoms with E-state index in [1.54, 1.807) is 0 Å². The standard InChI is InChI=1S/C12H25NS/c1-5-11(12(2,3)4)13-10-7-6-8-14-9-10/h10-11,13H,5-9H2,1-4H3. The molecule has 0 aromatic carbocycles. The van der Waals surface area contributed by atoms with Crippen LogP contribution >= 0.6 is 11.8 Å². The Balaban J connectivity index is 2.39. The van der Waals surface area contributed by atoms with Crippen molar-refractivity contribution in [2.75, 3.05) is 11.5 Å². The average Bonchev–Trinajstić information content (AvgIpc) is 2.14. The number of nitrogens with one attached hydrogen (secondary N) is 1. The fourth-order valence-corrected chi connectivity index (χ4v) is 3.22. The second kappa shape index (κ2) is 5.41. The van der Waals surface area contributed by atoms with E-state index >= 15 is 0 Å². The summed E-state index contributed by atoms with van der Waals surface area (Å²) in [5.74, 6) is 2.68. The maximum absolute atomic E-state index is 3.82. The molecule has 2 atom stereocenters. The predicted octanol–water partition coefficient (Wildman–Crippen LogP) is 3.30. The Kier molecular flexibility index (Phi) is 4.78. The summed E-state index contributed by atoms with van der Waals surface area (Å²) in [6.07, 6.45) is 4.01. The molecule has 0 saturated carbocycles. The molecule has 2 unspecified atom stereocenters. The Hall–Kier alpha value is 0.310. The van der Waals surface area contributed by atoms with Crippen molar-refractivity contribution in [3.05, 3.63) is 0 Å². The van der Waals surface area contributed by atoms with Crippen molar-refractivity contribution >= 4 is 11.8 Å². The molecule has 1 aliphatic heterocycles. The van der Waals surface area contributed by atoms with Crippen LogP contribution in [0.15, 0.2) is 0 Å². The summed E-state index contributed by atoms with van der Waals surface area (Å²) in [5, 5.41) is 3.82. The maximum Gasteiger partial charge on any atom is 0.0161 e. The van der Waals surface area contributed by atoms with Gasteiger partial charge in [-0.3, -0.25) is 0 Å². The summed E-state index contributed by atoms with van der Waals surface area (Å²) in [4.78, 5) is 0. The minimum Gasteiger partial charge on any atom is -0.310 e. The summed E-state index contributed by atoms with van der Waals surface area (Å²) in [7, 11) is 0. The molecule has 0 aromatic heterocycles. The van der Waals surface area contributed by atoms with Gasteiger partial charge >= 0.3 is 0 Å². The van der Waals surface area contributed by atoms with Crippen molar-refractivity contribution in [1.29, 1.82) is 0 Å². The van der Waals surface area contributed by atoms with Gasteiger partial charge in [0.1, 0.15) is 0 Å². The van der Waals surface area contributed by atoms with Crippen LogP contribution in [-0.2, 0) is 0 Å². The SMILES string of the molecule is CCC(NC1CCCSC1)C(C)(C)C. The molecular weight excluding hydrogens is 190 g/mol. The minimum atomic E-state index is 0.400. The lowest BCUT2D eigenvalue weighted by Crippen LogP contribution is -2.47. The van der Waals surface area contributed by atoms with E-state index in [0.717, 1.165) is 6.04 Å². The molecule has 1 heterocycles. The van der Waals surface area contributed by atoms with Gasteiger partial charge in [-0.2, -0.15) is 11.8 Å².